The second-order valence-corrected chi connectivity index (χ2v) is 10.3. The van der Waals surface area contributed by atoms with Crippen LogP contribution in [0.1, 0.15) is 52.8 Å². The Bertz CT molecular complexity index is 1200. The van der Waals surface area contributed by atoms with Gasteiger partial charge in [0.1, 0.15) is 17.3 Å². The monoisotopic (exact) mass is 516 g/mol. The van der Waals surface area contributed by atoms with Crippen molar-refractivity contribution >= 4 is 5.91 Å². The van der Waals surface area contributed by atoms with Gasteiger partial charge in [0, 0.05) is 37.7 Å². The average molecular weight is 517 g/mol. The van der Waals surface area contributed by atoms with E-state index in [9.17, 15) is 22.4 Å². The van der Waals surface area contributed by atoms with Crippen molar-refractivity contribution < 1.29 is 26.8 Å². The molecule has 3 aromatic rings. The number of furan rings is 1. The number of nitrogens with zero attached hydrogens (tertiary/aromatic N) is 2. The molecule has 0 bridgehead atoms. The Morgan fingerprint density at radius 3 is 2.43 bits per heavy atom. The molecule has 0 aliphatic carbocycles. The zero-order valence-electron chi connectivity index (χ0n) is 21.3. The molecule has 2 aromatic carbocycles. The molecule has 1 aromatic heterocycles. The van der Waals surface area contributed by atoms with Gasteiger partial charge in [0.2, 0.25) is 0 Å². The van der Waals surface area contributed by atoms with Gasteiger partial charge in [0.05, 0.1) is 12.1 Å². The van der Waals surface area contributed by atoms with Crippen LogP contribution in [0.3, 0.4) is 0 Å². The van der Waals surface area contributed by atoms with E-state index in [4.69, 9.17) is 4.42 Å². The van der Waals surface area contributed by atoms with E-state index >= 15 is 0 Å². The van der Waals surface area contributed by atoms with Crippen LogP contribution in [0.5, 0.6) is 0 Å². The number of halogens is 4. The molecule has 1 saturated heterocycles. The number of carbonyl (C=O) groups is 1. The van der Waals surface area contributed by atoms with Crippen molar-refractivity contribution in [3.8, 4) is 0 Å². The van der Waals surface area contributed by atoms with Gasteiger partial charge in [-0.15, -0.1) is 0 Å². The molecule has 0 radical (unpaired) electrons. The molecular weight excluding hydrogens is 484 g/mol. The largest absolute Gasteiger partial charge is 0.465 e. The summed E-state index contributed by atoms with van der Waals surface area (Å²) < 4.78 is 59.7. The molecule has 37 heavy (non-hydrogen) atoms. The van der Waals surface area contributed by atoms with Gasteiger partial charge in [-0.05, 0) is 66.8 Å². The number of hydrogen-bond donors (Lipinski definition) is 0. The first-order chi connectivity index (χ1) is 17.5. The highest BCUT2D eigenvalue weighted by molar-refractivity contribution is 5.94. The van der Waals surface area contributed by atoms with E-state index in [1.54, 1.807) is 11.0 Å². The van der Waals surface area contributed by atoms with Gasteiger partial charge < -0.3 is 9.32 Å². The van der Waals surface area contributed by atoms with Gasteiger partial charge in [-0.3, -0.25) is 9.69 Å². The molecule has 1 aliphatic rings. The molecule has 2 atom stereocenters. The molecule has 0 unspecified atom stereocenters. The molecule has 4 rings (SSSR count). The Morgan fingerprint density at radius 2 is 1.81 bits per heavy atom. The van der Waals surface area contributed by atoms with Crippen molar-refractivity contribution in [3.05, 3.63) is 94.7 Å². The number of likely N-dealkylation sites (tertiary alicyclic amines) is 1. The van der Waals surface area contributed by atoms with E-state index in [2.05, 4.69) is 4.90 Å². The van der Waals surface area contributed by atoms with Crippen LogP contribution in [0.15, 0.2) is 65.1 Å². The Morgan fingerprint density at radius 1 is 1.08 bits per heavy atom. The summed E-state index contributed by atoms with van der Waals surface area (Å²) >= 11 is 0. The van der Waals surface area contributed by atoms with Crippen molar-refractivity contribution in [1.82, 2.24) is 9.80 Å². The van der Waals surface area contributed by atoms with Crippen molar-refractivity contribution in [2.75, 3.05) is 26.2 Å². The Balaban J connectivity index is 1.62. The first-order valence-corrected chi connectivity index (χ1v) is 12.5. The highest BCUT2D eigenvalue weighted by atomic mass is 19.4. The summed E-state index contributed by atoms with van der Waals surface area (Å²) in [6.07, 6.45) is -4.43. The molecule has 4 nitrogen and oxygen atoms in total. The molecule has 1 fully saturated rings. The predicted octanol–water partition coefficient (Wildman–Crippen LogP) is 6.76. The van der Waals surface area contributed by atoms with Gasteiger partial charge in [-0.25, -0.2) is 4.39 Å². The molecule has 0 saturated carbocycles. The topological polar surface area (TPSA) is 36.7 Å². The zero-order chi connectivity index (χ0) is 26.7. The fourth-order valence-electron chi connectivity index (χ4n) is 5.13. The number of aryl methyl sites for hydroxylation is 1. The van der Waals surface area contributed by atoms with Crippen molar-refractivity contribution in [3.63, 3.8) is 0 Å². The molecule has 0 spiro atoms. The Hall–Kier alpha value is -3.13. The van der Waals surface area contributed by atoms with Crippen LogP contribution in [0, 0.1) is 24.6 Å². The minimum absolute atomic E-state index is 0.0947. The van der Waals surface area contributed by atoms with E-state index in [0.717, 1.165) is 17.6 Å². The number of amides is 1. The van der Waals surface area contributed by atoms with E-state index in [0.29, 0.717) is 43.9 Å². The second kappa shape index (κ2) is 11.1. The SMILES string of the molecule is Cc1ccc(CN2C[C@@H](CN(CC(C)C)C(=O)c3ccc(F)cc3)[C@@H](c3cccc(C(F)(F)F)c3)C2)o1. The number of hydrogen-bond acceptors (Lipinski definition) is 3. The van der Waals surface area contributed by atoms with Gasteiger partial charge in [0.25, 0.3) is 5.91 Å². The normalized spacial score (nSPS) is 18.5. The summed E-state index contributed by atoms with van der Waals surface area (Å²) in [4.78, 5) is 17.3. The number of alkyl halides is 3. The minimum atomic E-state index is -4.43. The van der Waals surface area contributed by atoms with Crippen LogP contribution in [0.25, 0.3) is 0 Å². The summed E-state index contributed by atoms with van der Waals surface area (Å²) in [6, 6.07) is 14.7. The molecular formula is C29H32F4N2O2. The number of carbonyl (C=O) groups excluding carboxylic acids is 1. The fraction of sp³-hybridized carbons (Fsp3) is 0.414. The minimum Gasteiger partial charge on any atom is -0.465 e. The van der Waals surface area contributed by atoms with E-state index in [-0.39, 0.29) is 23.7 Å². The van der Waals surface area contributed by atoms with Crippen LogP contribution in [0.2, 0.25) is 0 Å². The summed E-state index contributed by atoms with van der Waals surface area (Å²) in [6.45, 7) is 8.44. The molecule has 0 N–H and O–H groups in total. The van der Waals surface area contributed by atoms with Gasteiger partial charge in [-0.1, -0.05) is 32.0 Å². The zero-order valence-corrected chi connectivity index (χ0v) is 21.3. The van der Waals surface area contributed by atoms with Crippen molar-refractivity contribution in [2.24, 2.45) is 11.8 Å². The first kappa shape index (κ1) is 26.9. The third-order valence-corrected chi connectivity index (χ3v) is 6.75. The third-order valence-electron chi connectivity index (χ3n) is 6.75. The van der Waals surface area contributed by atoms with Crippen LogP contribution < -0.4 is 0 Å². The van der Waals surface area contributed by atoms with E-state index in [1.165, 1.54) is 36.4 Å². The Labute approximate surface area is 214 Å². The van der Waals surface area contributed by atoms with Crippen LogP contribution in [0.4, 0.5) is 17.6 Å². The summed E-state index contributed by atoms with van der Waals surface area (Å²) in [5.41, 5.74) is 0.320. The lowest BCUT2D eigenvalue weighted by atomic mass is 9.87. The molecule has 8 heteroatoms. The lowest BCUT2D eigenvalue weighted by Crippen LogP contribution is -2.39. The van der Waals surface area contributed by atoms with Crippen LogP contribution in [-0.2, 0) is 12.7 Å². The lowest BCUT2D eigenvalue weighted by molar-refractivity contribution is -0.137. The quantitative estimate of drug-likeness (QED) is 0.311. The standard InChI is InChI=1S/C29H32F4N2O2/c1-19(2)14-35(28(36)21-8-10-25(30)11-9-21)16-23-15-34(17-26-12-7-20(3)37-26)18-27(23)22-5-4-6-24(13-22)29(31,32)33/h4-13,19,23,27H,14-18H2,1-3H3/t23-,27+/m0/s1. The smallest absolute Gasteiger partial charge is 0.416 e. The van der Waals surface area contributed by atoms with Crippen molar-refractivity contribution in [1.29, 1.82) is 0 Å². The van der Waals surface area contributed by atoms with Gasteiger partial charge in [0.15, 0.2) is 0 Å². The number of rotatable bonds is 8. The maximum absolute atomic E-state index is 13.5. The van der Waals surface area contributed by atoms with Crippen LogP contribution in [-0.4, -0.2) is 41.9 Å². The van der Waals surface area contributed by atoms with Gasteiger partial charge in [-0.2, -0.15) is 13.2 Å². The van der Waals surface area contributed by atoms with E-state index < -0.39 is 17.6 Å². The van der Waals surface area contributed by atoms with Crippen LogP contribution >= 0.6 is 0 Å². The van der Waals surface area contributed by atoms with Gasteiger partial charge >= 0.3 is 6.18 Å². The predicted molar refractivity (Wildman–Crippen MR) is 134 cm³/mol. The maximum Gasteiger partial charge on any atom is 0.416 e. The third kappa shape index (κ3) is 6.80. The molecule has 2 heterocycles. The summed E-state index contributed by atoms with van der Waals surface area (Å²) in [7, 11) is 0. The highest BCUT2D eigenvalue weighted by Gasteiger charge is 2.38. The molecule has 1 amide bonds. The molecule has 1 aliphatic heterocycles. The van der Waals surface area contributed by atoms with E-state index in [1.807, 2.05) is 32.9 Å². The van der Waals surface area contributed by atoms with Crippen molar-refractivity contribution in [2.45, 2.75) is 39.4 Å². The summed E-state index contributed by atoms with van der Waals surface area (Å²) in [5.74, 6) is 0.847. The molecule has 198 valence electrons. The summed E-state index contributed by atoms with van der Waals surface area (Å²) in [5, 5.41) is 0. The second-order valence-electron chi connectivity index (χ2n) is 10.3. The lowest BCUT2D eigenvalue weighted by Gasteiger charge is -2.30. The fourth-order valence-corrected chi connectivity index (χ4v) is 5.13. The maximum atomic E-state index is 13.5. The average Bonchev–Trinajstić information content (AvgIpc) is 3.43. The Kier molecular flexibility index (Phi) is 8.07. The number of benzene rings is 2. The first-order valence-electron chi connectivity index (χ1n) is 12.5. The highest BCUT2D eigenvalue weighted by Crippen LogP contribution is 2.37.